The summed E-state index contributed by atoms with van der Waals surface area (Å²) in [6, 6.07) is 0.224. The van der Waals surface area contributed by atoms with Crippen LogP contribution in [0.3, 0.4) is 0 Å². The molecular formula is C12H24N2O2S. The van der Waals surface area contributed by atoms with Gasteiger partial charge in [0.05, 0.1) is 6.42 Å². The molecule has 0 spiro atoms. The van der Waals surface area contributed by atoms with Gasteiger partial charge in [-0.25, -0.2) is 0 Å². The number of hydrogen-bond donors (Lipinski definition) is 1. The molecule has 1 aliphatic rings. The molecule has 1 rings (SSSR count). The van der Waals surface area contributed by atoms with Gasteiger partial charge in [0.15, 0.2) is 0 Å². The number of carboxylic acids is 1. The molecule has 0 aromatic carbocycles. The van der Waals surface area contributed by atoms with Crippen molar-refractivity contribution < 1.29 is 9.90 Å². The molecule has 0 aliphatic carbocycles. The summed E-state index contributed by atoms with van der Waals surface area (Å²) < 4.78 is 0. The highest BCUT2D eigenvalue weighted by molar-refractivity contribution is 7.99. The van der Waals surface area contributed by atoms with Gasteiger partial charge in [0.1, 0.15) is 0 Å². The second-order valence-corrected chi connectivity index (χ2v) is 5.54. The summed E-state index contributed by atoms with van der Waals surface area (Å²) in [4.78, 5) is 15.6. The second-order valence-electron chi connectivity index (χ2n) is 4.39. The zero-order valence-corrected chi connectivity index (χ0v) is 11.7. The van der Waals surface area contributed by atoms with Gasteiger partial charge in [-0.05, 0) is 13.1 Å². The third kappa shape index (κ3) is 5.27. The Labute approximate surface area is 108 Å². The molecule has 1 heterocycles. The Morgan fingerprint density at radius 2 is 2.18 bits per heavy atom. The van der Waals surface area contributed by atoms with Gasteiger partial charge in [-0.2, -0.15) is 11.8 Å². The van der Waals surface area contributed by atoms with Crippen LogP contribution in [0.15, 0.2) is 0 Å². The molecule has 1 unspecified atom stereocenters. The first-order valence-corrected chi connectivity index (χ1v) is 7.58. The van der Waals surface area contributed by atoms with Gasteiger partial charge in [-0.3, -0.25) is 9.69 Å². The zero-order chi connectivity index (χ0) is 12.7. The minimum Gasteiger partial charge on any atom is -0.481 e. The summed E-state index contributed by atoms with van der Waals surface area (Å²) in [6.07, 6.45) is 0.283. The highest BCUT2D eigenvalue weighted by Crippen LogP contribution is 2.18. The molecule has 0 saturated carbocycles. The summed E-state index contributed by atoms with van der Waals surface area (Å²) in [5.74, 6) is 1.42. The highest BCUT2D eigenvalue weighted by Gasteiger charge is 2.24. The van der Waals surface area contributed by atoms with Gasteiger partial charge in [0, 0.05) is 37.2 Å². The van der Waals surface area contributed by atoms with E-state index in [4.69, 9.17) is 5.11 Å². The molecule has 100 valence electrons. The molecule has 4 nitrogen and oxygen atoms in total. The van der Waals surface area contributed by atoms with Gasteiger partial charge >= 0.3 is 5.97 Å². The average molecular weight is 260 g/mol. The van der Waals surface area contributed by atoms with Crippen molar-refractivity contribution in [1.82, 2.24) is 9.80 Å². The van der Waals surface area contributed by atoms with Crippen LogP contribution in [0.5, 0.6) is 0 Å². The summed E-state index contributed by atoms with van der Waals surface area (Å²) in [5.41, 5.74) is 0. The Hall–Kier alpha value is -0.260. The zero-order valence-electron chi connectivity index (χ0n) is 10.9. The molecule has 1 atom stereocenters. The smallest absolute Gasteiger partial charge is 0.304 e. The Kier molecular flexibility index (Phi) is 6.92. The normalized spacial score (nSPS) is 21.9. The third-order valence-electron chi connectivity index (χ3n) is 3.36. The van der Waals surface area contributed by atoms with Crippen molar-refractivity contribution in [3.05, 3.63) is 0 Å². The first-order valence-electron chi connectivity index (χ1n) is 6.43. The minimum atomic E-state index is -0.676. The van der Waals surface area contributed by atoms with Crippen molar-refractivity contribution in [2.75, 3.05) is 44.2 Å². The fourth-order valence-corrected chi connectivity index (χ4v) is 3.31. The van der Waals surface area contributed by atoms with E-state index in [2.05, 4.69) is 23.6 Å². The molecule has 0 bridgehead atoms. The maximum Gasteiger partial charge on any atom is 0.304 e. The number of hydrogen-bond acceptors (Lipinski definition) is 4. The standard InChI is InChI=1S/C12H24N2O2S/c1-3-13(4-2)5-6-14-7-8-17-10-11(14)9-12(15)16/h11H,3-10H2,1-2H3,(H,15,16). The van der Waals surface area contributed by atoms with Crippen molar-refractivity contribution >= 4 is 17.7 Å². The summed E-state index contributed by atoms with van der Waals surface area (Å²) >= 11 is 1.88. The quantitative estimate of drug-likeness (QED) is 0.745. The van der Waals surface area contributed by atoms with Crippen LogP contribution in [0.25, 0.3) is 0 Å². The summed E-state index contributed by atoms with van der Waals surface area (Å²) in [5, 5.41) is 8.91. The lowest BCUT2D eigenvalue weighted by molar-refractivity contribution is -0.138. The van der Waals surface area contributed by atoms with Crippen LogP contribution < -0.4 is 0 Å². The predicted molar refractivity (Wildman–Crippen MR) is 72.7 cm³/mol. The molecule has 1 fully saturated rings. The first-order chi connectivity index (χ1) is 8.17. The van der Waals surface area contributed by atoms with E-state index in [1.54, 1.807) is 0 Å². The lowest BCUT2D eigenvalue weighted by Crippen LogP contribution is -2.46. The largest absolute Gasteiger partial charge is 0.481 e. The van der Waals surface area contributed by atoms with Crippen molar-refractivity contribution in [2.24, 2.45) is 0 Å². The van der Waals surface area contributed by atoms with E-state index in [9.17, 15) is 4.79 Å². The van der Waals surface area contributed by atoms with Crippen molar-refractivity contribution in [3.8, 4) is 0 Å². The SMILES string of the molecule is CCN(CC)CCN1CCSCC1CC(=O)O. The molecule has 1 saturated heterocycles. The van der Waals surface area contributed by atoms with Crippen LogP contribution in [-0.2, 0) is 4.79 Å². The topological polar surface area (TPSA) is 43.8 Å². The van der Waals surface area contributed by atoms with Crippen LogP contribution in [0.1, 0.15) is 20.3 Å². The van der Waals surface area contributed by atoms with Crippen LogP contribution in [0.2, 0.25) is 0 Å². The number of rotatable bonds is 7. The summed E-state index contributed by atoms with van der Waals surface area (Å²) in [6.45, 7) is 9.57. The molecule has 0 aromatic rings. The number of aliphatic carboxylic acids is 1. The van der Waals surface area contributed by atoms with E-state index in [0.29, 0.717) is 0 Å². The molecule has 17 heavy (non-hydrogen) atoms. The first kappa shape index (κ1) is 14.8. The van der Waals surface area contributed by atoms with Crippen LogP contribution >= 0.6 is 11.8 Å². The molecule has 0 aromatic heterocycles. The van der Waals surface area contributed by atoms with Gasteiger partial charge in [0.2, 0.25) is 0 Å². The van der Waals surface area contributed by atoms with E-state index in [1.165, 1.54) is 0 Å². The number of carboxylic acid groups (broad SMARTS) is 1. The Balaban J connectivity index is 2.39. The fraction of sp³-hybridized carbons (Fsp3) is 0.917. The van der Waals surface area contributed by atoms with Crippen LogP contribution in [-0.4, -0.2) is 71.1 Å². The van der Waals surface area contributed by atoms with Gasteiger partial charge in [-0.15, -0.1) is 0 Å². The molecule has 1 aliphatic heterocycles. The lowest BCUT2D eigenvalue weighted by atomic mass is 10.2. The number of thioether (sulfide) groups is 1. The van der Waals surface area contributed by atoms with Gasteiger partial charge < -0.3 is 10.0 Å². The highest BCUT2D eigenvalue weighted by atomic mass is 32.2. The Bertz CT molecular complexity index is 235. The maximum absolute atomic E-state index is 10.8. The van der Waals surface area contributed by atoms with E-state index in [0.717, 1.165) is 44.2 Å². The third-order valence-corrected chi connectivity index (χ3v) is 4.45. The predicted octanol–water partition coefficient (Wildman–Crippen LogP) is 1.22. The van der Waals surface area contributed by atoms with E-state index >= 15 is 0 Å². The monoisotopic (exact) mass is 260 g/mol. The van der Waals surface area contributed by atoms with Gasteiger partial charge in [0.25, 0.3) is 0 Å². The second kappa shape index (κ2) is 7.95. The van der Waals surface area contributed by atoms with E-state index < -0.39 is 5.97 Å². The van der Waals surface area contributed by atoms with Crippen LogP contribution in [0, 0.1) is 0 Å². The lowest BCUT2D eigenvalue weighted by Gasteiger charge is -2.35. The van der Waals surface area contributed by atoms with Crippen LogP contribution in [0.4, 0.5) is 0 Å². The van der Waals surface area contributed by atoms with Crippen molar-refractivity contribution in [1.29, 1.82) is 0 Å². The fourth-order valence-electron chi connectivity index (χ4n) is 2.18. The summed E-state index contributed by atoms with van der Waals surface area (Å²) in [7, 11) is 0. The van der Waals surface area contributed by atoms with E-state index in [1.807, 2.05) is 11.8 Å². The molecule has 0 radical (unpaired) electrons. The number of likely N-dealkylation sites (N-methyl/N-ethyl adjacent to an activating group) is 1. The molecule has 0 amide bonds. The molecular weight excluding hydrogens is 236 g/mol. The minimum absolute atomic E-state index is 0.224. The maximum atomic E-state index is 10.8. The molecule has 5 heteroatoms. The van der Waals surface area contributed by atoms with Gasteiger partial charge in [-0.1, -0.05) is 13.8 Å². The molecule has 1 N–H and O–H groups in total. The average Bonchev–Trinajstić information content (AvgIpc) is 2.31. The Morgan fingerprint density at radius 1 is 1.47 bits per heavy atom. The van der Waals surface area contributed by atoms with Crippen molar-refractivity contribution in [2.45, 2.75) is 26.3 Å². The van der Waals surface area contributed by atoms with Crippen molar-refractivity contribution in [3.63, 3.8) is 0 Å². The van der Waals surface area contributed by atoms with E-state index in [-0.39, 0.29) is 12.5 Å². The number of nitrogens with zero attached hydrogens (tertiary/aromatic N) is 2. The number of carbonyl (C=O) groups is 1. The Morgan fingerprint density at radius 3 is 2.76 bits per heavy atom.